The van der Waals surface area contributed by atoms with Gasteiger partial charge in [0.1, 0.15) is 5.75 Å². The molecule has 0 radical (unpaired) electrons. The number of carbonyl (C=O) groups is 2. The van der Waals surface area contributed by atoms with Crippen LogP contribution < -0.4 is 10.3 Å². The molecular weight excluding hydrogens is 442 g/mol. The van der Waals surface area contributed by atoms with Gasteiger partial charge in [0.2, 0.25) is 0 Å². The molecule has 1 aliphatic carbocycles. The van der Waals surface area contributed by atoms with E-state index in [1.54, 1.807) is 11.7 Å². The second-order valence-electron chi connectivity index (χ2n) is 7.01. The summed E-state index contributed by atoms with van der Waals surface area (Å²) >= 11 is 3.39. The van der Waals surface area contributed by atoms with Crippen LogP contribution in [0.4, 0.5) is 0 Å². The molecule has 0 aliphatic heterocycles. The van der Waals surface area contributed by atoms with Crippen LogP contribution in [0.1, 0.15) is 22.4 Å². The molecular formula is C21H22BrNO6. The minimum atomic E-state index is -1.48. The molecule has 0 N–H and O–H groups in total. The fourth-order valence-corrected chi connectivity index (χ4v) is 4.46. The number of pyridine rings is 1. The minimum Gasteiger partial charge on any atom is -0.497 e. The summed E-state index contributed by atoms with van der Waals surface area (Å²) in [6.45, 7) is 2.17. The van der Waals surface area contributed by atoms with Crippen molar-refractivity contribution in [1.29, 1.82) is 0 Å². The smallest absolute Gasteiger partial charge is 0.323 e. The van der Waals surface area contributed by atoms with E-state index in [0.29, 0.717) is 22.3 Å². The maximum atomic E-state index is 13.0. The third kappa shape index (κ3) is 3.46. The molecule has 1 heterocycles. The normalized spacial score (nSPS) is 14.2. The standard InChI is InChI=1S/C21H22BrNO6/c1-12-15-9-21(19(25)28-3,20(26)29-4)10-16(15)17(22)18(24)23(12)11-13-5-7-14(27-2)8-6-13/h5-8H,9-11H2,1-4H3. The SMILES string of the molecule is COC(=O)C1(C(=O)OC)Cc2c(c(C)n(Cc3ccc(OC)cc3)c(=O)c2Br)C1. The summed E-state index contributed by atoms with van der Waals surface area (Å²) in [5.74, 6) is -0.601. The summed E-state index contributed by atoms with van der Waals surface area (Å²) in [6.07, 6.45) is 0.177. The zero-order valence-corrected chi connectivity index (χ0v) is 18.3. The Morgan fingerprint density at radius 1 is 1.03 bits per heavy atom. The molecule has 0 spiro atoms. The minimum absolute atomic E-state index is 0.0573. The molecule has 3 rings (SSSR count). The van der Waals surface area contributed by atoms with Gasteiger partial charge >= 0.3 is 11.9 Å². The summed E-state index contributed by atoms with van der Waals surface area (Å²) < 4.78 is 16.9. The first-order chi connectivity index (χ1) is 13.8. The maximum absolute atomic E-state index is 13.0. The number of methoxy groups -OCH3 is 3. The molecule has 7 nitrogen and oxygen atoms in total. The van der Waals surface area contributed by atoms with E-state index in [-0.39, 0.29) is 18.4 Å². The maximum Gasteiger partial charge on any atom is 0.323 e. The highest BCUT2D eigenvalue weighted by atomic mass is 79.9. The molecule has 154 valence electrons. The van der Waals surface area contributed by atoms with Gasteiger partial charge in [0, 0.05) is 18.5 Å². The Morgan fingerprint density at radius 2 is 1.59 bits per heavy atom. The Bertz CT molecular complexity index is 1010. The highest BCUT2D eigenvalue weighted by Crippen LogP contribution is 2.42. The third-order valence-corrected chi connectivity index (χ3v) is 6.33. The molecule has 0 bridgehead atoms. The van der Waals surface area contributed by atoms with Gasteiger partial charge in [0.15, 0.2) is 5.41 Å². The van der Waals surface area contributed by atoms with Crippen molar-refractivity contribution in [1.82, 2.24) is 4.57 Å². The van der Waals surface area contributed by atoms with E-state index in [1.807, 2.05) is 31.2 Å². The zero-order valence-electron chi connectivity index (χ0n) is 16.7. The first-order valence-electron chi connectivity index (χ1n) is 8.99. The second kappa shape index (κ2) is 8.02. The molecule has 0 atom stereocenters. The summed E-state index contributed by atoms with van der Waals surface area (Å²) in [6, 6.07) is 7.44. The summed E-state index contributed by atoms with van der Waals surface area (Å²) in [4.78, 5) is 38.1. The lowest BCUT2D eigenvalue weighted by molar-refractivity contribution is -0.168. The lowest BCUT2D eigenvalue weighted by atomic mass is 9.84. The Labute approximate surface area is 176 Å². The number of hydrogen-bond acceptors (Lipinski definition) is 6. The lowest BCUT2D eigenvalue weighted by Crippen LogP contribution is -2.42. The summed E-state index contributed by atoms with van der Waals surface area (Å²) in [7, 11) is 4.07. The molecule has 8 heteroatoms. The lowest BCUT2D eigenvalue weighted by Gasteiger charge is -2.22. The summed E-state index contributed by atoms with van der Waals surface area (Å²) in [5.41, 5.74) is 1.36. The van der Waals surface area contributed by atoms with E-state index >= 15 is 0 Å². The van der Waals surface area contributed by atoms with Crippen molar-refractivity contribution >= 4 is 27.9 Å². The number of aromatic nitrogens is 1. The molecule has 0 saturated carbocycles. The molecule has 0 saturated heterocycles. The van der Waals surface area contributed by atoms with Gasteiger partial charge in [-0.05, 0) is 51.7 Å². The Hall–Kier alpha value is -2.61. The second-order valence-corrected chi connectivity index (χ2v) is 7.81. The quantitative estimate of drug-likeness (QED) is 0.499. The van der Waals surface area contributed by atoms with Crippen LogP contribution in [0.25, 0.3) is 0 Å². The van der Waals surface area contributed by atoms with Gasteiger partial charge in [-0.15, -0.1) is 0 Å². The largest absolute Gasteiger partial charge is 0.497 e. The van der Waals surface area contributed by atoms with Crippen molar-refractivity contribution in [3.05, 3.63) is 61.5 Å². The van der Waals surface area contributed by atoms with Gasteiger partial charge in [-0.2, -0.15) is 0 Å². The fraction of sp³-hybridized carbons (Fsp3) is 0.381. The molecule has 1 aliphatic rings. The van der Waals surface area contributed by atoms with Crippen LogP contribution in [0.2, 0.25) is 0 Å². The monoisotopic (exact) mass is 463 g/mol. The van der Waals surface area contributed by atoms with Gasteiger partial charge in [-0.25, -0.2) is 0 Å². The van der Waals surface area contributed by atoms with E-state index in [1.165, 1.54) is 14.2 Å². The molecule has 0 amide bonds. The predicted molar refractivity (Wildman–Crippen MR) is 109 cm³/mol. The Kier molecular flexibility index (Phi) is 5.84. The topological polar surface area (TPSA) is 83.8 Å². The van der Waals surface area contributed by atoms with E-state index in [0.717, 1.165) is 16.9 Å². The van der Waals surface area contributed by atoms with Crippen molar-refractivity contribution in [2.45, 2.75) is 26.3 Å². The Morgan fingerprint density at radius 3 is 2.10 bits per heavy atom. The van der Waals surface area contributed by atoms with Gasteiger partial charge in [0.25, 0.3) is 5.56 Å². The number of carbonyl (C=O) groups excluding carboxylic acids is 2. The van der Waals surface area contributed by atoms with E-state index in [2.05, 4.69) is 15.9 Å². The zero-order chi connectivity index (χ0) is 21.3. The molecule has 1 aromatic carbocycles. The van der Waals surface area contributed by atoms with Crippen LogP contribution in [0.15, 0.2) is 33.5 Å². The van der Waals surface area contributed by atoms with E-state index in [4.69, 9.17) is 14.2 Å². The number of ether oxygens (including phenoxy) is 3. The third-order valence-electron chi connectivity index (χ3n) is 5.51. The van der Waals surface area contributed by atoms with Crippen LogP contribution in [-0.2, 0) is 38.4 Å². The van der Waals surface area contributed by atoms with Crippen LogP contribution >= 0.6 is 15.9 Å². The van der Waals surface area contributed by atoms with Gasteiger partial charge in [-0.3, -0.25) is 14.4 Å². The number of nitrogens with zero attached hydrogens (tertiary/aromatic N) is 1. The molecule has 0 unspecified atom stereocenters. The Balaban J connectivity index is 2.08. The van der Waals surface area contributed by atoms with Crippen molar-refractivity contribution in [2.24, 2.45) is 5.41 Å². The van der Waals surface area contributed by atoms with Crippen LogP contribution in [-0.4, -0.2) is 37.8 Å². The number of hydrogen-bond donors (Lipinski definition) is 0. The van der Waals surface area contributed by atoms with Gasteiger partial charge in [-0.1, -0.05) is 12.1 Å². The average Bonchev–Trinajstić information content (AvgIpc) is 3.17. The number of esters is 2. The van der Waals surface area contributed by atoms with Crippen LogP contribution in [0, 0.1) is 12.3 Å². The van der Waals surface area contributed by atoms with Crippen molar-refractivity contribution in [3.8, 4) is 5.75 Å². The molecule has 1 aromatic heterocycles. The highest BCUT2D eigenvalue weighted by Gasteiger charge is 2.54. The number of rotatable bonds is 5. The highest BCUT2D eigenvalue weighted by molar-refractivity contribution is 9.10. The van der Waals surface area contributed by atoms with E-state index in [9.17, 15) is 14.4 Å². The fourth-order valence-electron chi connectivity index (χ4n) is 3.87. The average molecular weight is 464 g/mol. The van der Waals surface area contributed by atoms with Crippen LogP contribution in [0.3, 0.4) is 0 Å². The summed E-state index contributed by atoms with van der Waals surface area (Å²) in [5, 5.41) is 0. The first kappa shape index (κ1) is 21.1. The van der Waals surface area contributed by atoms with Crippen LogP contribution in [0.5, 0.6) is 5.75 Å². The van der Waals surface area contributed by atoms with Crippen molar-refractivity contribution in [3.63, 3.8) is 0 Å². The first-order valence-corrected chi connectivity index (χ1v) is 9.78. The number of fused-ring (bicyclic) bond motifs is 1. The van der Waals surface area contributed by atoms with E-state index < -0.39 is 17.4 Å². The van der Waals surface area contributed by atoms with Gasteiger partial charge in [0.05, 0.1) is 32.3 Å². The molecule has 0 fully saturated rings. The number of halogens is 1. The van der Waals surface area contributed by atoms with Gasteiger partial charge < -0.3 is 18.8 Å². The number of benzene rings is 1. The van der Waals surface area contributed by atoms with Crippen molar-refractivity contribution in [2.75, 3.05) is 21.3 Å². The predicted octanol–water partition coefficient (Wildman–Crippen LogP) is 2.41. The molecule has 2 aromatic rings. The van der Waals surface area contributed by atoms with Crippen molar-refractivity contribution < 1.29 is 23.8 Å². The molecule has 29 heavy (non-hydrogen) atoms.